The highest BCUT2D eigenvalue weighted by Crippen LogP contribution is 2.32. The molecule has 8 heteroatoms. The van der Waals surface area contributed by atoms with Crippen molar-refractivity contribution in [2.75, 3.05) is 45.2 Å². The first-order chi connectivity index (χ1) is 15.8. The monoisotopic (exact) mass is 483 g/mol. The van der Waals surface area contributed by atoms with Crippen LogP contribution in [0.15, 0.2) is 54.7 Å². The van der Waals surface area contributed by atoms with Gasteiger partial charge in [-0.1, -0.05) is 47.5 Å². The Morgan fingerprint density at radius 1 is 0.879 bits per heavy atom. The molecular formula is C25H27Cl2N5O. The summed E-state index contributed by atoms with van der Waals surface area (Å²) in [5.74, 6) is 0.955. The van der Waals surface area contributed by atoms with E-state index in [1.165, 1.54) is 0 Å². The molecule has 1 aliphatic rings. The van der Waals surface area contributed by atoms with Crippen LogP contribution in [0, 0.1) is 0 Å². The van der Waals surface area contributed by atoms with Crippen LogP contribution >= 0.6 is 23.2 Å². The van der Waals surface area contributed by atoms with Crippen molar-refractivity contribution < 1.29 is 4.79 Å². The van der Waals surface area contributed by atoms with Crippen LogP contribution in [-0.2, 0) is 4.79 Å². The predicted octanol–water partition coefficient (Wildman–Crippen LogP) is 4.72. The molecule has 33 heavy (non-hydrogen) atoms. The van der Waals surface area contributed by atoms with Crippen molar-refractivity contribution in [1.29, 1.82) is 0 Å². The highest BCUT2D eigenvalue weighted by molar-refractivity contribution is 6.31. The van der Waals surface area contributed by atoms with Crippen LogP contribution in [0.2, 0.25) is 10.0 Å². The van der Waals surface area contributed by atoms with Crippen LogP contribution in [-0.4, -0.2) is 72.0 Å². The van der Waals surface area contributed by atoms with Gasteiger partial charge in [0.05, 0.1) is 23.6 Å². The second-order valence-corrected chi connectivity index (χ2v) is 9.26. The van der Waals surface area contributed by atoms with Crippen LogP contribution in [0.5, 0.6) is 0 Å². The number of hydrogen-bond acceptors (Lipinski definition) is 5. The number of amides is 1. The molecule has 172 valence electrons. The number of likely N-dealkylation sites (N-methyl/N-ethyl adjacent to an activating group) is 1. The van der Waals surface area contributed by atoms with Gasteiger partial charge in [0.25, 0.3) is 0 Å². The Hall–Kier alpha value is -2.67. The first-order valence-corrected chi connectivity index (χ1v) is 11.7. The largest absolute Gasteiger partial charge is 0.352 e. The van der Waals surface area contributed by atoms with Crippen molar-refractivity contribution >= 4 is 34.9 Å². The van der Waals surface area contributed by atoms with Gasteiger partial charge in [-0.25, -0.2) is 4.98 Å². The lowest BCUT2D eigenvalue weighted by molar-refractivity contribution is -0.135. The Labute approximate surface area is 204 Å². The van der Waals surface area contributed by atoms with Crippen LogP contribution in [0.3, 0.4) is 0 Å². The number of hydrogen-bond donors (Lipinski definition) is 0. The van der Waals surface area contributed by atoms with E-state index in [1.807, 2.05) is 85.5 Å². The zero-order chi connectivity index (χ0) is 23.5. The van der Waals surface area contributed by atoms with E-state index >= 15 is 0 Å². The van der Waals surface area contributed by atoms with Gasteiger partial charge in [0, 0.05) is 47.4 Å². The van der Waals surface area contributed by atoms with Gasteiger partial charge in [0.2, 0.25) is 5.91 Å². The molecule has 2 aromatic carbocycles. The summed E-state index contributed by atoms with van der Waals surface area (Å²) in [6.45, 7) is 4.68. The highest BCUT2D eigenvalue weighted by Gasteiger charge is 2.27. The van der Waals surface area contributed by atoms with Crippen LogP contribution in [0.4, 0.5) is 5.82 Å². The predicted molar refractivity (Wildman–Crippen MR) is 135 cm³/mol. The number of aromatic nitrogens is 2. The highest BCUT2D eigenvalue weighted by atomic mass is 35.5. The normalized spacial score (nSPS) is 15.1. The van der Waals surface area contributed by atoms with Gasteiger partial charge in [-0.3, -0.25) is 14.7 Å². The van der Waals surface area contributed by atoms with E-state index < -0.39 is 0 Å². The second kappa shape index (κ2) is 10.1. The maximum absolute atomic E-state index is 12.7. The molecule has 4 rings (SSSR count). The van der Waals surface area contributed by atoms with Crippen molar-refractivity contribution in [1.82, 2.24) is 19.8 Å². The molecule has 1 aliphatic heterocycles. The molecule has 1 amide bonds. The molecule has 6 nitrogen and oxygen atoms in total. The Bertz CT molecular complexity index is 1110. The van der Waals surface area contributed by atoms with E-state index in [2.05, 4.69) is 4.90 Å². The number of carbonyl (C=O) groups is 1. The fourth-order valence-electron chi connectivity index (χ4n) is 3.80. The Balaban J connectivity index is 1.61. The number of carbonyl (C=O) groups excluding carboxylic acids is 1. The summed E-state index contributed by atoms with van der Waals surface area (Å²) in [5, 5.41) is 1.34. The Kier molecular flexibility index (Phi) is 7.17. The van der Waals surface area contributed by atoms with Gasteiger partial charge < -0.3 is 9.80 Å². The molecular weight excluding hydrogens is 457 g/mol. The minimum absolute atomic E-state index is 0.133. The van der Waals surface area contributed by atoms with E-state index in [0.717, 1.165) is 28.3 Å². The molecule has 1 aromatic heterocycles. The Morgan fingerprint density at radius 3 is 1.91 bits per heavy atom. The van der Waals surface area contributed by atoms with E-state index in [1.54, 1.807) is 0 Å². The molecule has 0 saturated carbocycles. The van der Waals surface area contributed by atoms with Crippen molar-refractivity contribution in [3.05, 3.63) is 64.8 Å². The fourth-order valence-corrected chi connectivity index (χ4v) is 4.05. The molecule has 1 saturated heterocycles. The number of nitrogens with zero attached hydrogens (tertiary/aromatic N) is 5. The average molecular weight is 484 g/mol. The van der Waals surface area contributed by atoms with Crippen molar-refractivity contribution in [3.63, 3.8) is 0 Å². The molecule has 0 aliphatic carbocycles. The van der Waals surface area contributed by atoms with Crippen LogP contribution in [0.1, 0.15) is 6.92 Å². The van der Waals surface area contributed by atoms with Gasteiger partial charge in [-0.2, -0.15) is 0 Å². The summed E-state index contributed by atoms with van der Waals surface area (Å²) < 4.78 is 0. The van der Waals surface area contributed by atoms with E-state index in [0.29, 0.717) is 36.2 Å². The van der Waals surface area contributed by atoms with Crippen molar-refractivity contribution in [3.8, 4) is 22.5 Å². The number of piperazine rings is 1. The molecule has 1 fully saturated rings. The quantitative estimate of drug-likeness (QED) is 0.525. The van der Waals surface area contributed by atoms with E-state index in [9.17, 15) is 4.79 Å². The van der Waals surface area contributed by atoms with Crippen LogP contribution in [0.25, 0.3) is 22.5 Å². The lowest BCUT2D eigenvalue weighted by atomic mass is 10.0. The second-order valence-electron chi connectivity index (χ2n) is 8.39. The number of halogens is 2. The molecule has 1 atom stereocenters. The van der Waals surface area contributed by atoms with Gasteiger partial charge in [-0.15, -0.1) is 0 Å². The lowest BCUT2D eigenvalue weighted by Crippen LogP contribution is -2.53. The molecule has 2 heterocycles. The topological polar surface area (TPSA) is 52.6 Å². The standard InChI is InChI=1S/C25H27Cl2N5O/c1-17(30(2)3)25(33)32-14-12-31(13-15-32)22-16-28-23(18-4-8-20(26)9-5-18)24(29-22)19-6-10-21(27)11-7-19/h4-11,16-17H,12-15H2,1-3H3. The fraction of sp³-hybridized carbons (Fsp3) is 0.320. The average Bonchev–Trinajstić information content (AvgIpc) is 2.84. The summed E-state index contributed by atoms with van der Waals surface area (Å²) in [5.41, 5.74) is 3.45. The third kappa shape index (κ3) is 5.29. The summed E-state index contributed by atoms with van der Waals surface area (Å²) in [6, 6.07) is 15.1. The SMILES string of the molecule is CC(C(=O)N1CCN(c2cnc(-c3ccc(Cl)cc3)c(-c3ccc(Cl)cc3)n2)CC1)N(C)C. The van der Waals surface area contributed by atoms with Gasteiger partial charge >= 0.3 is 0 Å². The zero-order valence-corrected chi connectivity index (χ0v) is 20.5. The molecule has 3 aromatic rings. The van der Waals surface area contributed by atoms with Crippen LogP contribution < -0.4 is 4.90 Å². The molecule has 0 bridgehead atoms. The lowest BCUT2D eigenvalue weighted by Gasteiger charge is -2.37. The summed E-state index contributed by atoms with van der Waals surface area (Å²) in [4.78, 5) is 28.5. The van der Waals surface area contributed by atoms with E-state index in [4.69, 9.17) is 33.2 Å². The van der Waals surface area contributed by atoms with Crippen molar-refractivity contribution in [2.45, 2.75) is 13.0 Å². The minimum atomic E-state index is -0.133. The first kappa shape index (κ1) is 23.5. The maximum Gasteiger partial charge on any atom is 0.239 e. The smallest absolute Gasteiger partial charge is 0.239 e. The molecule has 0 spiro atoms. The van der Waals surface area contributed by atoms with Gasteiger partial charge in [0.15, 0.2) is 0 Å². The maximum atomic E-state index is 12.7. The van der Waals surface area contributed by atoms with E-state index in [-0.39, 0.29) is 11.9 Å². The number of benzene rings is 2. The zero-order valence-electron chi connectivity index (χ0n) is 19.0. The minimum Gasteiger partial charge on any atom is -0.352 e. The molecule has 0 N–H and O–H groups in total. The first-order valence-electron chi connectivity index (χ1n) is 10.9. The third-order valence-electron chi connectivity index (χ3n) is 6.04. The van der Waals surface area contributed by atoms with Gasteiger partial charge in [0.1, 0.15) is 5.82 Å². The summed E-state index contributed by atoms with van der Waals surface area (Å²) in [7, 11) is 3.85. The number of rotatable bonds is 5. The van der Waals surface area contributed by atoms with Gasteiger partial charge in [-0.05, 0) is 45.3 Å². The molecule has 1 unspecified atom stereocenters. The van der Waals surface area contributed by atoms with Crippen molar-refractivity contribution in [2.24, 2.45) is 0 Å². The summed E-state index contributed by atoms with van der Waals surface area (Å²) in [6.07, 6.45) is 1.81. The third-order valence-corrected chi connectivity index (χ3v) is 6.55. The Morgan fingerprint density at radius 2 is 1.39 bits per heavy atom. The summed E-state index contributed by atoms with van der Waals surface area (Å²) >= 11 is 12.2. The number of anilines is 1. The molecule has 0 radical (unpaired) electrons.